The van der Waals surface area contributed by atoms with Crippen molar-refractivity contribution in [2.24, 2.45) is 5.92 Å². The lowest BCUT2D eigenvalue weighted by Gasteiger charge is -2.42. The molecule has 1 unspecified atom stereocenters. The highest BCUT2D eigenvalue weighted by Crippen LogP contribution is 2.67. The minimum absolute atomic E-state index is 0.331. The summed E-state index contributed by atoms with van der Waals surface area (Å²) in [5.74, 6) is -2.98. The summed E-state index contributed by atoms with van der Waals surface area (Å²) in [6.07, 6.45) is 0. The number of fused-ring (bicyclic) bond motifs is 1. The SMILES string of the molecule is COC(=O)[C@]12[C@@H](C)C(=O)N[C@](OC)(c3ccccc3)N1[C@@H]2c1c(Cl)cccc1Cl. The molecule has 0 aromatic heterocycles. The second kappa shape index (κ2) is 6.99. The van der Waals surface area contributed by atoms with E-state index in [-0.39, 0.29) is 5.91 Å². The Bertz CT molecular complexity index is 966. The van der Waals surface area contributed by atoms with Crippen LogP contribution in [0.3, 0.4) is 0 Å². The maximum absolute atomic E-state index is 13.1. The second-order valence-electron chi connectivity index (χ2n) is 7.15. The van der Waals surface area contributed by atoms with Crippen molar-refractivity contribution in [1.29, 1.82) is 0 Å². The third-order valence-corrected chi connectivity index (χ3v) is 6.60. The van der Waals surface area contributed by atoms with Crippen LogP contribution in [0.15, 0.2) is 48.5 Å². The third kappa shape index (κ3) is 2.56. The molecular weight excluding hydrogens is 415 g/mol. The van der Waals surface area contributed by atoms with Crippen molar-refractivity contribution in [3.63, 3.8) is 0 Å². The summed E-state index contributed by atoms with van der Waals surface area (Å²) in [5, 5.41) is 3.75. The fourth-order valence-electron chi connectivity index (χ4n) is 4.54. The van der Waals surface area contributed by atoms with Crippen molar-refractivity contribution < 1.29 is 19.1 Å². The van der Waals surface area contributed by atoms with Gasteiger partial charge in [-0.3, -0.25) is 4.79 Å². The van der Waals surface area contributed by atoms with Crippen LogP contribution in [0.2, 0.25) is 10.0 Å². The number of methoxy groups -OCH3 is 2. The number of halogens is 2. The van der Waals surface area contributed by atoms with Crippen molar-refractivity contribution in [3.8, 4) is 0 Å². The van der Waals surface area contributed by atoms with Crippen molar-refractivity contribution in [3.05, 3.63) is 69.7 Å². The average molecular weight is 435 g/mol. The lowest BCUT2D eigenvalue weighted by molar-refractivity contribution is -0.185. The van der Waals surface area contributed by atoms with Gasteiger partial charge in [0.05, 0.1) is 19.1 Å². The van der Waals surface area contributed by atoms with E-state index in [1.807, 2.05) is 30.3 Å². The molecule has 0 radical (unpaired) electrons. The minimum atomic E-state index is -1.38. The molecule has 4 rings (SSSR count). The second-order valence-corrected chi connectivity index (χ2v) is 7.96. The van der Waals surface area contributed by atoms with Crippen LogP contribution < -0.4 is 5.32 Å². The zero-order valence-electron chi connectivity index (χ0n) is 16.1. The molecule has 152 valence electrons. The smallest absolute Gasteiger partial charge is 0.329 e. The lowest BCUT2D eigenvalue weighted by Crippen LogP contribution is -2.64. The van der Waals surface area contributed by atoms with Crippen LogP contribution in [-0.2, 0) is 24.9 Å². The molecule has 0 saturated carbocycles. The van der Waals surface area contributed by atoms with Crippen molar-refractivity contribution in [2.45, 2.75) is 24.4 Å². The van der Waals surface area contributed by atoms with Gasteiger partial charge in [0.25, 0.3) is 0 Å². The molecule has 1 amide bonds. The maximum atomic E-state index is 13.1. The lowest BCUT2D eigenvalue weighted by atomic mass is 9.85. The zero-order valence-corrected chi connectivity index (χ0v) is 17.6. The van der Waals surface area contributed by atoms with Gasteiger partial charge in [0.1, 0.15) is 0 Å². The summed E-state index contributed by atoms with van der Waals surface area (Å²) < 4.78 is 11.0. The van der Waals surface area contributed by atoms with Crippen LogP contribution in [0.4, 0.5) is 0 Å². The first kappa shape index (κ1) is 20.2. The zero-order chi connectivity index (χ0) is 21.0. The van der Waals surface area contributed by atoms with Gasteiger partial charge in [-0.25, -0.2) is 9.69 Å². The Kier molecular flexibility index (Phi) is 4.86. The maximum Gasteiger partial charge on any atom is 0.329 e. The summed E-state index contributed by atoms with van der Waals surface area (Å²) in [5.41, 5.74) is -0.0824. The molecule has 2 aromatic carbocycles. The van der Waals surface area contributed by atoms with Gasteiger partial charge in [0.15, 0.2) is 5.54 Å². The summed E-state index contributed by atoms with van der Waals surface area (Å²) in [6, 6.07) is 13.7. The fraction of sp³-hybridized carbons (Fsp3) is 0.333. The van der Waals surface area contributed by atoms with Crippen molar-refractivity contribution in [1.82, 2.24) is 10.2 Å². The Morgan fingerprint density at radius 2 is 1.69 bits per heavy atom. The Labute approximate surface area is 178 Å². The molecule has 6 nitrogen and oxygen atoms in total. The van der Waals surface area contributed by atoms with Crippen LogP contribution >= 0.6 is 23.2 Å². The van der Waals surface area contributed by atoms with Crippen molar-refractivity contribution in [2.75, 3.05) is 14.2 Å². The summed E-state index contributed by atoms with van der Waals surface area (Å²) in [7, 11) is 2.78. The van der Waals surface area contributed by atoms with E-state index in [9.17, 15) is 9.59 Å². The number of nitrogens with one attached hydrogen (secondary N) is 1. The largest absolute Gasteiger partial charge is 0.468 e. The fourth-order valence-corrected chi connectivity index (χ4v) is 5.15. The van der Waals surface area contributed by atoms with Gasteiger partial charge in [-0.1, -0.05) is 66.5 Å². The van der Waals surface area contributed by atoms with E-state index in [1.54, 1.807) is 30.0 Å². The van der Waals surface area contributed by atoms with E-state index >= 15 is 0 Å². The van der Waals surface area contributed by atoms with Crippen LogP contribution in [0, 0.1) is 5.92 Å². The molecule has 1 N–H and O–H groups in total. The van der Waals surface area contributed by atoms with E-state index in [4.69, 9.17) is 32.7 Å². The summed E-state index contributed by atoms with van der Waals surface area (Å²) in [4.78, 5) is 28.0. The van der Waals surface area contributed by atoms with E-state index in [0.29, 0.717) is 21.2 Å². The standard InChI is InChI=1S/C21H20Cl2N2O4/c1-12-18(26)24-21(29-3,13-8-5-4-6-9-13)25-17(20(12,25)19(27)28-2)16-14(22)10-7-11-15(16)23/h4-12,17H,1-3H3,(H,24,26)/t12-,17+,20+,21+,25?/m0/s1. The Morgan fingerprint density at radius 1 is 1.07 bits per heavy atom. The number of ether oxygens (including phenoxy) is 2. The first-order valence-corrected chi connectivity index (χ1v) is 9.86. The predicted octanol–water partition coefficient (Wildman–Crippen LogP) is 3.48. The quantitative estimate of drug-likeness (QED) is 0.589. The molecule has 2 aliphatic heterocycles. The van der Waals surface area contributed by atoms with Gasteiger partial charge in [-0.15, -0.1) is 0 Å². The number of hydrogen-bond donors (Lipinski definition) is 1. The predicted molar refractivity (Wildman–Crippen MR) is 108 cm³/mol. The molecule has 0 aliphatic carbocycles. The average Bonchev–Trinajstić information content (AvgIpc) is 3.42. The Hall–Kier alpha value is -2.12. The van der Waals surface area contributed by atoms with Gasteiger partial charge in [0.2, 0.25) is 11.8 Å². The summed E-state index contributed by atoms with van der Waals surface area (Å²) >= 11 is 13.0. The normalized spacial score (nSPS) is 32.9. The number of rotatable bonds is 4. The Balaban J connectivity index is 2.00. The van der Waals surface area contributed by atoms with E-state index in [1.165, 1.54) is 14.2 Å². The molecular formula is C21H20Cl2N2O4. The first-order valence-electron chi connectivity index (χ1n) is 9.10. The number of amides is 1. The molecule has 29 heavy (non-hydrogen) atoms. The monoisotopic (exact) mass is 434 g/mol. The Morgan fingerprint density at radius 3 is 2.24 bits per heavy atom. The van der Waals surface area contributed by atoms with Crippen molar-refractivity contribution >= 4 is 35.1 Å². The number of carbonyl (C=O) groups is 2. The number of esters is 1. The highest BCUT2D eigenvalue weighted by molar-refractivity contribution is 6.36. The topological polar surface area (TPSA) is 67.6 Å². The van der Waals surface area contributed by atoms with E-state index < -0.39 is 29.3 Å². The molecule has 0 bridgehead atoms. The number of nitrogens with zero attached hydrogens (tertiary/aromatic N) is 1. The van der Waals surface area contributed by atoms with E-state index in [0.717, 1.165) is 0 Å². The molecule has 5 atom stereocenters. The third-order valence-electron chi connectivity index (χ3n) is 5.94. The molecule has 2 aromatic rings. The molecule has 2 aliphatic rings. The highest BCUT2D eigenvalue weighted by atomic mass is 35.5. The molecule has 8 heteroatoms. The van der Waals surface area contributed by atoms with E-state index in [2.05, 4.69) is 5.32 Å². The molecule has 2 fully saturated rings. The minimum Gasteiger partial charge on any atom is -0.468 e. The van der Waals surface area contributed by atoms with Gasteiger partial charge >= 0.3 is 5.97 Å². The van der Waals surface area contributed by atoms with Crippen LogP contribution in [0.25, 0.3) is 0 Å². The number of hydrogen-bond acceptors (Lipinski definition) is 5. The van der Waals surface area contributed by atoms with Crippen LogP contribution in [0.1, 0.15) is 24.1 Å². The van der Waals surface area contributed by atoms with Crippen LogP contribution in [-0.4, -0.2) is 36.5 Å². The first-order chi connectivity index (χ1) is 13.9. The molecule has 0 spiro atoms. The van der Waals surface area contributed by atoms with Gasteiger partial charge in [-0.2, -0.15) is 0 Å². The van der Waals surface area contributed by atoms with Crippen LogP contribution in [0.5, 0.6) is 0 Å². The number of benzene rings is 2. The summed E-state index contributed by atoms with van der Waals surface area (Å²) in [6.45, 7) is 1.69. The molecule has 2 heterocycles. The number of carbonyl (C=O) groups excluding carboxylic acids is 2. The van der Waals surface area contributed by atoms with Gasteiger partial charge < -0.3 is 14.8 Å². The highest BCUT2D eigenvalue weighted by Gasteiger charge is 2.82. The van der Waals surface area contributed by atoms with Gasteiger partial charge in [0, 0.05) is 28.3 Å². The van der Waals surface area contributed by atoms with Gasteiger partial charge in [-0.05, 0) is 12.1 Å². The molecule has 2 saturated heterocycles.